The summed E-state index contributed by atoms with van der Waals surface area (Å²) in [6, 6.07) is -0.157. The van der Waals surface area contributed by atoms with Crippen LogP contribution in [0.25, 0.3) is 0 Å². The molecule has 1 aromatic rings. The van der Waals surface area contributed by atoms with Gasteiger partial charge in [-0.2, -0.15) is 0 Å². The molecule has 2 rings (SSSR count). The summed E-state index contributed by atoms with van der Waals surface area (Å²) in [7, 11) is 0. The lowest BCUT2D eigenvalue weighted by Gasteiger charge is -2.31. The highest BCUT2D eigenvalue weighted by molar-refractivity contribution is 7.13. The Morgan fingerprint density at radius 2 is 2.62 bits per heavy atom. The van der Waals surface area contributed by atoms with Crippen molar-refractivity contribution in [1.82, 2.24) is 15.1 Å². The number of aliphatic hydroxyl groups excluding tert-OH is 1. The molecular formula is C9H14N4O2S. The molecule has 1 aromatic heterocycles. The maximum absolute atomic E-state index is 11.8. The summed E-state index contributed by atoms with van der Waals surface area (Å²) in [5.41, 5.74) is 1.57. The highest BCUT2D eigenvalue weighted by Crippen LogP contribution is 2.17. The van der Waals surface area contributed by atoms with Crippen LogP contribution in [0.5, 0.6) is 0 Å². The fraction of sp³-hybridized carbons (Fsp3) is 0.667. The Morgan fingerprint density at radius 1 is 1.75 bits per heavy atom. The van der Waals surface area contributed by atoms with Crippen LogP contribution in [0, 0.1) is 5.92 Å². The minimum Gasteiger partial charge on any atom is -0.396 e. The SMILES string of the molecule is O=C(Nc1nncs1)N1CCC[C@H](CO)C1. The lowest BCUT2D eigenvalue weighted by atomic mass is 9.99. The Hall–Kier alpha value is -1.21. The van der Waals surface area contributed by atoms with Gasteiger partial charge in [-0.3, -0.25) is 5.32 Å². The van der Waals surface area contributed by atoms with Crippen LogP contribution in [0.2, 0.25) is 0 Å². The van der Waals surface area contributed by atoms with Gasteiger partial charge in [-0.1, -0.05) is 11.3 Å². The number of aromatic nitrogens is 2. The molecule has 0 spiro atoms. The molecule has 0 aromatic carbocycles. The first-order valence-electron chi connectivity index (χ1n) is 5.22. The number of nitrogens with zero attached hydrogens (tertiary/aromatic N) is 3. The summed E-state index contributed by atoms with van der Waals surface area (Å²) < 4.78 is 0. The van der Waals surface area contributed by atoms with E-state index in [1.165, 1.54) is 11.3 Å². The van der Waals surface area contributed by atoms with Crippen LogP contribution in [0.3, 0.4) is 0 Å². The number of anilines is 1. The highest BCUT2D eigenvalue weighted by atomic mass is 32.1. The number of aliphatic hydroxyl groups is 1. The predicted molar refractivity (Wildman–Crippen MR) is 60.3 cm³/mol. The van der Waals surface area contributed by atoms with Gasteiger partial charge >= 0.3 is 6.03 Å². The average Bonchev–Trinajstić information content (AvgIpc) is 2.82. The van der Waals surface area contributed by atoms with Gasteiger partial charge in [0.15, 0.2) is 0 Å². The van der Waals surface area contributed by atoms with E-state index < -0.39 is 0 Å². The second-order valence-corrected chi connectivity index (χ2v) is 4.64. The molecule has 1 aliphatic rings. The van der Waals surface area contributed by atoms with Crippen molar-refractivity contribution < 1.29 is 9.90 Å². The summed E-state index contributed by atoms with van der Waals surface area (Å²) in [5.74, 6) is 0.203. The van der Waals surface area contributed by atoms with E-state index in [1.54, 1.807) is 10.4 Å². The minimum absolute atomic E-state index is 0.141. The third kappa shape index (κ3) is 2.67. The zero-order valence-electron chi connectivity index (χ0n) is 8.80. The van der Waals surface area contributed by atoms with Gasteiger partial charge in [-0.15, -0.1) is 10.2 Å². The second-order valence-electron chi connectivity index (χ2n) is 3.81. The molecule has 0 bridgehead atoms. The van der Waals surface area contributed by atoms with Crippen molar-refractivity contribution in [1.29, 1.82) is 0 Å². The van der Waals surface area contributed by atoms with Crippen molar-refractivity contribution in [2.75, 3.05) is 25.0 Å². The van der Waals surface area contributed by atoms with E-state index in [9.17, 15) is 4.79 Å². The van der Waals surface area contributed by atoms with Gasteiger partial charge < -0.3 is 10.0 Å². The second kappa shape index (κ2) is 5.22. The molecular weight excluding hydrogens is 228 g/mol. The van der Waals surface area contributed by atoms with E-state index in [4.69, 9.17) is 5.11 Å². The molecule has 2 amide bonds. The van der Waals surface area contributed by atoms with E-state index in [-0.39, 0.29) is 18.6 Å². The fourth-order valence-electron chi connectivity index (χ4n) is 1.80. The smallest absolute Gasteiger partial charge is 0.323 e. The molecule has 2 heterocycles. The number of rotatable bonds is 2. The van der Waals surface area contributed by atoms with Gasteiger partial charge in [0.05, 0.1) is 0 Å². The lowest BCUT2D eigenvalue weighted by molar-refractivity contribution is 0.136. The quantitative estimate of drug-likeness (QED) is 0.803. The molecule has 88 valence electrons. The number of carbonyl (C=O) groups excluding carboxylic acids is 1. The number of piperidine rings is 1. The molecule has 7 heteroatoms. The van der Waals surface area contributed by atoms with Crippen LogP contribution in [-0.4, -0.2) is 45.9 Å². The van der Waals surface area contributed by atoms with Crippen molar-refractivity contribution >= 4 is 22.5 Å². The molecule has 16 heavy (non-hydrogen) atoms. The summed E-state index contributed by atoms with van der Waals surface area (Å²) in [6.45, 7) is 1.49. The minimum atomic E-state index is -0.157. The number of carbonyl (C=O) groups is 1. The largest absolute Gasteiger partial charge is 0.396 e. The number of urea groups is 1. The van der Waals surface area contributed by atoms with Crippen molar-refractivity contribution in [2.45, 2.75) is 12.8 Å². The Morgan fingerprint density at radius 3 is 3.31 bits per heavy atom. The molecule has 1 saturated heterocycles. The van der Waals surface area contributed by atoms with Crippen molar-refractivity contribution in [3.05, 3.63) is 5.51 Å². The van der Waals surface area contributed by atoms with Gasteiger partial charge in [0.1, 0.15) is 5.51 Å². The van der Waals surface area contributed by atoms with Crippen molar-refractivity contribution in [3.8, 4) is 0 Å². The molecule has 6 nitrogen and oxygen atoms in total. The Balaban J connectivity index is 1.89. The van der Waals surface area contributed by atoms with Gasteiger partial charge in [0, 0.05) is 19.7 Å². The molecule has 0 radical (unpaired) electrons. The monoisotopic (exact) mass is 242 g/mol. The molecule has 1 fully saturated rings. The average molecular weight is 242 g/mol. The molecule has 1 aliphatic heterocycles. The third-order valence-corrected chi connectivity index (χ3v) is 3.24. The summed E-state index contributed by atoms with van der Waals surface area (Å²) in [5, 5.41) is 19.7. The zero-order valence-corrected chi connectivity index (χ0v) is 9.61. The Bertz CT molecular complexity index is 343. The van der Waals surface area contributed by atoms with Crippen LogP contribution in [-0.2, 0) is 0 Å². The summed E-state index contributed by atoms with van der Waals surface area (Å²) in [4.78, 5) is 13.5. The highest BCUT2D eigenvalue weighted by Gasteiger charge is 2.23. The molecule has 0 saturated carbocycles. The number of hydrogen-bond donors (Lipinski definition) is 2. The summed E-state index contributed by atoms with van der Waals surface area (Å²) >= 11 is 1.29. The van der Waals surface area contributed by atoms with E-state index in [1.807, 2.05) is 0 Å². The first-order chi connectivity index (χ1) is 7.79. The third-order valence-electron chi connectivity index (χ3n) is 2.64. The molecule has 0 unspecified atom stereocenters. The normalized spacial score (nSPS) is 20.8. The number of hydrogen-bond acceptors (Lipinski definition) is 5. The first-order valence-corrected chi connectivity index (χ1v) is 6.10. The van der Waals surface area contributed by atoms with Crippen LogP contribution in [0.15, 0.2) is 5.51 Å². The number of amides is 2. The van der Waals surface area contributed by atoms with Crippen LogP contribution in [0.4, 0.5) is 9.93 Å². The molecule has 1 atom stereocenters. The predicted octanol–water partition coefficient (Wildman–Crippen LogP) is 0.774. The fourth-order valence-corrected chi connectivity index (χ4v) is 2.23. The molecule has 2 N–H and O–H groups in total. The lowest BCUT2D eigenvalue weighted by Crippen LogP contribution is -2.43. The van der Waals surface area contributed by atoms with Crippen LogP contribution in [0.1, 0.15) is 12.8 Å². The standard InChI is InChI=1S/C9H14N4O2S/c14-5-7-2-1-3-13(4-7)9(15)11-8-12-10-6-16-8/h6-7,14H,1-5H2,(H,11,12,15)/t7-/m0/s1. The number of likely N-dealkylation sites (tertiary alicyclic amines) is 1. The van der Waals surface area contributed by atoms with E-state index in [0.717, 1.165) is 19.4 Å². The topological polar surface area (TPSA) is 78.4 Å². The Kier molecular flexibility index (Phi) is 3.68. The zero-order chi connectivity index (χ0) is 11.4. The van der Waals surface area contributed by atoms with E-state index >= 15 is 0 Å². The number of nitrogens with one attached hydrogen (secondary N) is 1. The van der Waals surface area contributed by atoms with Crippen molar-refractivity contribution in [3.63, 3.8) is 0 Å². The van der Waals surface area contributed by atoms with Crippen LogP contribution >= 0.6 is 11.3 Å². The van der Waals surface area contributed by atoms with Gasteiger partial charge in [0.2, 0.25) is 5.13 Å². The maximum Gasteiger partial charge on any atom is 0.323 e. The van der Waals surface area contributed by atoms with Crippen molar-refractivity contribution in [2.24, 2.45) is 5.92 Å². The Labute approximate surface area is 97.3 Å². The van der Waals surface area contributed by atoms with Crippen LogP contribution < -0.4 is 5.32 Å². The van der Waals surface area contributed by atoms with Gasteiger partial charge in [0.25, 0.3) is 0 Å². The van der Waals surface area contributed by atoms with Gasteiger partial charge in [-0.25, -0.2) is 4.79 Å². The van der Waals surface area contributed by atoms with E-state index in [2.05, 4.69) is 15.5 Å². The maximum atomic E-state index is 11.8. The van der Waals surface area contributed by atoms with Gasteiger partial charge in [-0.05, 0) is 18.8 Å². The summed E-state index contributed by atoms with van der Waals surface area (Å²) in [6.07, 6.45) is 1.92. The first kappa shape index (κ1) is 11.3. The molecule has 0 aliphatic carbocycles. The van der Waals surface area contributed by atoms with E-state index in [0.29, 0.717) is 11.7 Å².